The van der Waals surface area contributed by atoms with Gasteiger partial charge >= 0.3 is 0 Å². The van der Waals surface area contributed by atoms with Gasteiger partial charge in [-0.3, -0.25) is 4.79 Å². The minimum absolute atomic E-state index is 0.00267. The number of Topliss-reactive ketones (excluding diaryl/α,β-unsaturated/α-hetero) is 1. The highest BCUT2D eigenvalue weighted by atomic mass is 16.4. The summed E-state index contributed by atoms with van der Waals surface area (Å²) in [4.78, 5) is 11.2. The quantitative estimate of drug-likeness (QED) is 0.662. The first-order chi connectivity index (χ1) is 9.10. The average Bonchev–Trinajstić information content (AvgIpc) is 2.40. The zero-order valence-corrected chi connectivity index (χ0v) is 11.5. The minimum atomic E-state index is -0.00267. The van der Waals surface area contributed by atoms with Crippen LogP contribution in [0.2, 0.25) is 0 Å². The van der Waals surface area contributed by atoms with Crippen LogP contribution in [0.5, 0.6) is 0 Å². The van der Waals surface area contributed by atoms with Gasteiger partial charge in [0.15, 0.2) is 5.78 Å². The Kier molecular flexibility index (Phi) is 5.76. The number of carbonyl (C=O) groups is 1. The molecule has 0 aliphatic heterocycles. The highest BCUT2D eigenvalue weighted by molar-refractivity contribution is 5.99. The van der Waals surface area contributed by atoms with Crippen molar-refractivity contribution < 1.29 is 9.53 Å². The van der Waals surface area contributed by atoms with Crippen molar-refractivity contribution in [2.24, 2.45) is 0 Å². The van der Waals surface area contributed by atoms with E-state index >= 15 is 0 Å². The number of carbonyl (C=O) groups excluding carboxylic acids is 1. The zero-order chi connectivity index (χ0) is 14.3. The molecule has 0 amide bonds. The van der Waals surface area contributed by atoms with Crippen molar-refractivity contribution in [1.82, 2.24) is 0 Å². The maximum Gasteiger partial charge on any atom is 0.161 e. The Morgan fingerprint density at radius 2 is 1.58 bits per heavy atom. The second kappa shape index (κ2) is 7.34. The minimum Gasteiger partial charge on any atom is -0.398 e. The molecule has 3 heteroatoms. The summed E-state index contributed by atoms with van der Waals surface area (Å²) in [6.07, 6.45) is 0. The lowest BCUT2D eigenvalue weighted by atomic mass is 10.0. The molecule has 0 saturated heterocycles. The lowest BCUT2D eigenvalue weighted by Crippen LogP contribution is -1.99. The van der Waals surface area contributed by atoms with Gasteiger partial charge in [-0.2, -0.15) is 0 Å². The predicted octanol–water partition coefficient (Wildman–Crippen LogP) is 3.40. The molecule has 0 radical (unpaired) electrons. The molecule has 0 unspecified atom stereocenters. The fraction of sp³-hybridized carbons (Fsp3) is 0.188. The van der Waals surface area contributed by atoms with Gasteiger partial charge in [0.05, 0.1) is 0 Å². The van der Waals surface area contributed by atoms with Gasteiger partial charge in [-0.1, -0.05) is 36.4 Å². The van der Waals surface area contributed by atoms with E-state index in [1.807, 2.05) is 42.5 Å². The van der Waals surface area contributed by atoms with Gasteiger partial charge in [0.2, 0.25) is 0 Å². The summed E-state index contributed by atoms with van der Waals surface area (Å²) >= 11 is 0. The molecule has 3 nitrogen and oxygen atoms in total. The first-order valence-electron chi connectivity index (χ1n) is 5.96. The number of rotatable bonds is 2. The number of anilines is 1. The Hall–Kier alpha value is -2.13. The van der Waals surface area contributed by atoms with E-state index in [0.29, 0.717) is 11.3 Å². The van der Waals surface area contributed by atoms with Crippen LogP contribution in [0.1, 0.15) is 17.3 Å². The van der Waals surface area contributed by atoms with Crippen LogP contribution in [0.15, 0.2) is 48.5 Å². The third-order valence-corrected chi connectivity index (χ3v) is 2.54. The van der Waals surface area contributed by atoms with Crippen LogP contribution in [-0.4, -0.2) is 20.0 Å². The van der Waals surface area contributed by atoms with E-state index in [1.54, 1.807) is 20.3 Å². The van der Waals surface area contributed by atoms with Crippen LogP contribution < -0.4 is 5.73 Å². The molecule has 2 N–H and O–H groups in total. The van der Waals surface area contributed by atoms with Crippen LogP contribution in [0.3, 0.4) is 0 Å². The van der Waals surface area contributed by atoms with E-state index in [9.17, 15) is 4.79 Å². The molecule has 100 valence electrons. The van der Waals surface area contributed by atoms with Crippen LogP contribution >= 0.6 is 0 Å². The summed E-state index contributed by atoms with van der Waals surface area (Å²) in [5.74, 6) is -0.00267. The molecule has 0 bridgehead atoms. The van der Waals surface area contributed by atoms with Crippen LogP contribution in [0.4, 0.5) is 5.69 Å². The summed E-state index contributed by atoms with van der Waals surface area (Å²) in [5, 5.41) is 0. The maximum atomic E-state index is 11.2. The molecule has 0 aliphatic rings. The lowest BCUT2D eigenvalue weighted by Gasteiger charge is -2.06. The molecule has 0 aromatic heterocycles. The van der Waals surface area contributed by atoms with Crippen molar-refractivity contribution in [1.29, 1.82) is 0 Å². The largest absolute Gasteiger partial charge is 0.398 e. The Morgan fingerprint density at radius 1 is 1.00 bits per heavy atom. The van der Waals surface area contributed by atoms with Crippen molar-refractivity contribution in [2.45, 2.75) is 6.92 Å². The lowest BCUT2D eigenvalue weighted by molar-refractivity contribution is 0.101. The number of ether oxygens (including phenoxy) is 1. The van der Waals surface area contributed by atoms with Crippen LogP contribution in [0.25, 0.3) is 11.1 Å². The van der Waals surface area contributed by atoms with Gasteiger partial charge in [0.25, 0.3) is 0 Å². The van der Waals surface area contributed by atoms with E-state index in [0.717, 1.165) is 11.1 Å². The van der Waals surface area contributed by atoms with Crippen molar-refractivity contribution in [3.63, 3.8) is 0 Å². The SMILES string of the molecule is CC(=O)c1ccc(-c2ccccc2)cc1N.COC. The van der Waals surface area contributed by atoms with E-state index in [2.05, 4.69) is 4.74 Å². The van der Waals surface area contributed by atoms with E-state index in [4.69, 9.17) is 5.73 Å². The Labute approximate surface area is 114 Å². The Balaban J connectivity index is 0.000000550. The molecule has 0 saturated carbocycles. The molecule has 0 fully saturated rings. The maximum absolute atomic E-state index is 11.2. The average molecular weight is 257 g/mol. The fourth-order valence-electron chi connectivity index (χ4n) is 1.69. The van der Waals surface area contributed by atoms with E-state index < -0.39 is 0 Å². The molecular weight excluding hydrogens is 238 g/mol. The highest BCUT2D eigenvalue weighted by Gasteiger charge is 2.05. The number of benzene rings is 2. The molecule has 19 heavy (non-hydrogen) atoms. The second-order valence-electron chi connectivity index (χ2n) is 4.13. The van der Waals surface area contributed by atoms with E-state index in [-0.39, 0.29) is 5.78 Å². The third kappa shape index (κ3) is 4.23. The Morgan fingerprint density at radius 3 is 2.05 bits per heavy atom. The Bertz CT molecular complexity index is 536. The van der Waals surface area contributed by atoms with Gasteiger partial charge in [0.1, 0.15) is 0 Å². The van der Waals surface area contributed by atoms with Crippen molar-refractivity contribution in [3.8, 4) is 11.1 Å². The van der Waals surface area contributed by atoms with Gasteiger partial charge in [-0.15, -0.1) is 0 Å². The molecule has 0 atom stereocenters. The first kappa shape index (κ1) is 14.9. The van der Waals surface area contributed by atoms with Gasteiger partial charge < -0.3 is 10.5 Å². The highest BCUT2D eigenvalue weighted by Crippen LogP contribution is 2.23. The normalized spacial score (nSPS) is 9.42. The predicted molar refractivity (Wildman–Crippen MR) is 79.2 cm³/mol. The molecule has 2 aromatic rings. The third-order valence-electron chi connectivity index (χ3n) is 2.54. The van der Waals surface area contributed by atoms with Crippen LogP contribution in [0, 0.1) is 0 Å². The summed E-state index contributed by atoms with van der Waals surface area (Å²) in [6, 6.07) is 15.5. The van der Waals surface area contributed by atoms with E-state index in [1.165, 1.54) is 6.92 Å². The number of hydrogen-bond donors (Lipinski definition) is 1. The number of hydrogen-bond acceptors (Lipinski definition) is 3. The van der Waals surface area contributed by atoms with Crippen LogP contribution in [-0.2, 0) is 4.74 Å². The summed E-state index contributed by atoms with van der Waals surface area (Å²) < 4.78 is 4.25. The standard InChI is InChI=1S/C14H13NO.C2H6O/c1-10(16)13-8-7-12(9-14(13)15)11-5-3-2-4-6-11;1-3-2/h2-9H,15H2,1H3;1-2H3. The second-order valence-corrected chi connectivity index (χ2v) is 4.13. The fourth-order valence-corrected chi connectivity index (χ4v) is 1.69. The number of ketones is 1. The van der Waals surface area contributed by atoms with Crippen molar-refractivity contribution in [3.05, 3.63) is 54.1 Å². The van der Waals surface area contributed by atoms with Gasteiger partial charge in [-0.25, -0.2) is 0 Å². The summed E-state index contributed by atoms with van der Waals surface area (Å²) in [6.45, 7) is 1.52. The molecule has 2 rings (SSSR count). The monoisotopic (exact) mass is 257 g/mol. The number of nitrogen functional groups attached to an aromatic ring is 1. The zero-order valence-electron chi connectivity index (χ0n) is 11.5. The number of nitrogens with two attached hydrogens (primary N) is 1. The van der Waals surface area contributed by atoms with Gasteiger partial charge in [-0.05, 0) is 30.2 Å². The molecule has 0 heterocycles. The molecular formula is C16H19NO2. The summed E-state index contributed by atoms with van der Waals surface area (Å²) in [5.41, 5.74) is 9.09. The van der Waals surface area contributed by atoms with Crippen molar-refractivity contribution >= 4 is 11.5 Å². The van der Waals surface area contributed by atoms with Crippen molar-refractivity contribution in [2.75, 3.05) is 20.0 Å². The summed E-state index contributed by atoms with van der Waals surface area (Å²) in [7, 11) is 3.25. The topological polar surface area (TPSA) is 52.3 Å². The molecule has 0 spiro atoms. The smallest absolute Gasteiger partial charge is 0.161 e. The molecule has 2 aromatic carbocycles. The van der Waals surface area contributed by atoms with Gasteiger partial charge in [0, 0.05) is 25.5 Å². The molecule has 0 aliphatic carbocycles. The first-order valence-corrected chi connectivity index (χ1v) is 5.96. The number of methoxy groups -OCH3 is 1.